The van der Waals surface area contributed by atoms with Gasteiger partial charge in [-0.3, -0.25) is 15.0 Å². The Balaban J connectivity index is 2.42. The largest absolute Gasteiger partial charge is 0.338 e. The lowest BCUT2D eigenvalue weighted by molar-refractivity contribution is -0.125. The Bertz CT molecular complexity index is 283. The summed E-state index contributed by atoms with van der Waals surface area (Å²) in [6, 6.07) is -0.321. The first-order chi connectivity index (χ1) is 8.04. The average Bonchev–Trinajstić information content (AvgIpc) is 2.28. The highest BCUT2D eigenvalue weighted by Crippen LogP contribution is 2.04. The molecule has 1 aliphatic heterocycles. The molecule has 1 saturated heterocycles. The molecule has 0 spiro atoms. The van der Waals surface area contributed by atoms with Gasteiger partial charge in [-0.25, -0.2) is 4.79 Å². The number of imide groups is 1. The van der Waals surface area contributed by atoms with E-state index in [0.29, 0.717) is 12.6 Å². The number of hydrogen-bond donors (Lipinski definition) is 3. The molecule has 1 rings (SSSR count). The van der Waals surface area contributed by atoms with E-state index in [9.17, 15) is 9.59 Å². The van der Waals surface area contributed by atoms with E-state index in [1.807, 2.05) is 13.8 Å². The van der Waals surface area contributed by atoms with Gasteiger partial charge in [0.25, 0.3) is 0 Å². The van der Waals surface area contributed by atoms with Crippen LogP contribution in [0.25, 0.3) is 0 Å². The van der Waals surface area contributed by atoms with Gasteiger partial charge in [0.1, 0.15) is 0 Å². The van der Waals surface area contributed by atoms with Crippen molar-refractivity contribution in [1.82, 2.24) is 20.9 Å². The fraction of sp³-hybridized carbons (Fsp3) is 0.818. The van der Waals surface area contributed by atoms with Crippen LogP contribution >= 0.6 is 0 Å². The van der Waals surface area contributed by atoms with E-state index in [4.69, 9.17) is 0 Å². The fourth-order valence-electron chi connectivity index (χ4n) is 1.90. The minimum Gasteiger partial charge on any atom is -0.338 e. The molecule has 2 atom stereocenters. The third-order valence-corrected chi connectivity index (χ3v) is 2.90. The van der Waals surface area contributed by atoms with Crippen molar-refractivity contribution in [3.63, 3.8) is 0 Å². The smallest absolute Gasteiger partial charge is 0.321 e. The fourth-order valence-corrected chi connectivity index (χ4v) is 1.90. The summed E-state index contributed by atoms with van der Waals surface area (Å²) in [5.74, 6) is -0.245. The van der Waals surface area contributed by atoms with Gasteiger partial charge in [0.05, 0.1) is 6.04 Å². The van der Waals surface area contributed by atoms with Gasteiger partial charge in [-0.15, -0.1) is 0 Å². The van der Waals surface area contributed by atoms with Crippen molar-refractivity contribution < 1.29 is 9.59 Å². The van der Waals surface area contributed by atoms with Crippen LogP contribution in [0, 0.1) is 0 Å². The Morgan fingerprint density at radius 2 is 2.24 bits per heavy atom. The second-order valence-corrected chi connectivity index (χ2v) is 4.37. The number of urea groups is 1. The van der Waals surface area contributed by atoms with Gasteiger partial charge in [-0.1, -0.05) is 0 Å². The molecule has 0 radical (unpaired) electrons. The number of carbonyl (C=O) groups is 2. The number of amides is 3. The van der Waals surface area contributed by atoms with Crippen LogP contribution in [0.4, 0.5) is 4.79 Å². The number of nitrogens with one attached hydrogen (secondary N) is 3. The molecule has 3 N–H and O–H groups in total. The van der Waals surface area contributed by atoms with Crippen molar-refractivity contribution in [3.8, 4) is 0 Å². The summed E-state index contributed by atoms with van der Waals surface area (Å²) in [5, 5.41) is 8.20. The molecule has 6 nitrogen and oxygen atoms in total. The molecule has 0 bridgehead atoms. The Morgan fingerprint density at radius 3 is 2.82 bits per heavy atom. The van der Waals surface area contributed by atoms with Gasteiger partial charge in [-0.2, -0.15) is 0 Å². The summed E-state index contributed by atoms with van der Waals surface area (Å²) in [7, 11) is 0. The van der Waals surface area contributed by atoms with E-state index >= 15 is 0 Å². The summed E-state index contributed by atoms with van der Waals surface area (Å²) in [6.45, 7) is 8.76. The molecule has 0 aliphatic carbocycles. The van der Waals surface area contributed by atoms with Gasteiger partial charge in [0, 0.05) is 32.2 Å². The van der Waals surface area contributed by atoms with Crippen LogP contribution in [0.1, 0.15) is 20.8 Å². The van der Waals surface area contributed by atoms with E-state index in [2.05, 4.69) is 27.8 Å². The Morgan fingerprint density at radius 1 is 1.53 bits per heavy atom. The van der Waals surface area contributed by atoms with E-state index in [0.717, 1.165) is 19.6 Å². The SMILES string of the molecule is CCNC(=O)NC(=O)C(C)N1CCN[C@H](C)C1. The van der Waals surface area contributed by atoms with Gasteiger partial charge in [0.15, 0.2) is 0 Å². The van der Waals surface area contributed by atoms with Gasteiger partial charge >= 0.3 is 6.03 Å². The van der Waals surface area contributed by atoms with Crippen LogP contribution < -0.4 is 16.0 Å². The van der Waals surface area contributed by atoms with Crippen LogP contribution in [0.5, 0.6) is 0 Å². The molecule has 1 unspecified atom stereocenters. The Kier molecular flexibility index (Phi) is 5.37. The van der Waals surface area contributed by atoms with E-state index in [1.165, 1.54) is 0 Å². The summed E-state index contributed by atoms with van der Waals surface area (Å²) in [5.41, 5.74) is 0. The quantitative estimate of drug-likeness (QED) is 0.624. The van der Waals surface area contributed by atoms with Crippen molar-refractivity contribution in [1.29, 1.82) is 0 Å². The molecule has 3 amide bonds. The lowest BCUT2D eigenvalue weighted by atomic mass is 10.1. The Hall–Kier alpha value is -1.14. The zero-order valence-electron chi connectivity index (χ0n) is 10.7. The topological polar surface area (TPSA) is 73.5 Å². The molecular formula is C11H22N4O2. The van der Waals surface area contributed by atoms with Crippen LogP contribution in [-0.4, -0.2) is 55.1 Å². The summed E-state index contributed by atoms with van der Waals surface area (Å²) in [6.07, 6.45) is 0. The van der Waals surface area contributed by atoms with E-state index < -0.39 is 6.03 Å². The van der Waals surface area contributed by atoms with Gasteiger partial charge in [-0.05, 0) is 20.8 Å². The van der Waals surface area contributed by atoms with Crippen LogP contribution in [-0.2, 0) is 4.79 Å². The first kappa shape index (κ1) is 13.9. The van der Waals surface area contributed by atoms with Crippen molar-refractivity contribution in [2.45, 2.75) is 32.9 Å². The predicted molar refractivity (Wildman–Crippen MR) is 65.7 cm³/mol. The number of piperazine rings is 1. The third kappa shape index (κ3) is 4.32. The molecule has 1 heterocycles. The molecule has 0 saturated carbocycles. The molecule has 1 fully saturated rings. The molecule has 0 aromatic carbocycles. The minimum absolute atomic E-state index is 0.245. The van der Waals surface area contributed by atoms with Crippen molar-refractivity contribution >= 4 is 11.9 Å². The lowest BCUT2D eigenvalue weighted by Crippen LogP contribution is -2.57. The number of rotatable bonds is 3. The maximum absolute atomic E-state index is 11.8. The highest BCUT2D eigenvalue weighted by molar-refractivity contribution is 5.96. The zero-order valence-corrected chi connectivity index (χ0v) is 10.7. The maximum Gasteiger partial charge on any atom is 0.321 e. The molecule has 98 valence electrons. The van der Waals surface area contributed by atoms with Crippen LogP contribution in [0.2, 0.25) is 0 Å². The highest BCUT2D eigenvalue weighted by Gasteiger charge is 2.26. The van der Waals surface area contributed by atoms with Crippen molar-refractivity contribution in [3.05, 3.63) is 0 Å². The molecule has 1 aliphatic rings. The lowest BCUT2D eigenvalue weighted by Gasteiger charge is -2.35. The number of carbonyl (C=O) groups excluding carboxylic acids is 2. The maximum atomic E-state index is 11.8. The standard InChI is InChI=1S/C11H22N4O2/c1-4-12-11(17)14-10(16)9(3)15-6-5-13-8(2)7-15/h8-9,13H,4-7H2,1-3H3,(H2,12,14,16,17)/t8-,9?/m1/s1. The summed E-state index contributed by atoms with van der Waals surface area (Å²) in [4.78, 5) is 25.1. The summed E-state index contributed by atoms with van der Waals surface area (Å²) < 4.78 is 0. The molecular weight excluding hydrogens is 220 g/mol. The third-order valence-electron chi connectivity index (χ3n) is 2.90. The van der Waals surface area contributed by atoms with Gasteiger partial charge < -0.3 is 10.6 Å². The van der Waals surface area contributed by atoms with Crippen molar-refractivity contribution in [2.24, 2.45) is 0 Å². The van der Waals surface area contributed by atoms with Crippen LogP contribution in [0.3, 0.4) is 0 Å². The second kappa shape index (κ2) is 6.56. The highest BCUT2D eigenvalue weighted by atomic mass is 16.2. The van der Waals surface area contributed by atoms with E-state index in [1.54, 1.807) is 0 Å². The number of nitrogens with zero attached hydrogens (tertiary/aromatic N) is 1. The minimum atomic E-state index is -0.424. The molecule has 6 heteroatoms. The van der Waals surface area contributed by atoms with Crippen molar-refractivity contribution in [2.75, 3.05) is 26.2 Å². The van der Waals surface area contributed by atoms with E-state index in [-0.39, 0.29) is 11.9 Å². The molecule has 0 aromatic rings. The molecule has 0 aromatic heterocycles. The van der Waals surface area contributed by atoms with Crippen LogP contribution in [0.15, 0.2) is 0 Å². The Labute approximate surface area is 102 Å². The first-order valence-corrected chi connectivity index (χ1v) is 6.10. The monoisotopic (exact) mass is 242 g/mol. The molecule has 17 heavy (non-hydrogen) atoms. The first-order valence-electron chi connectivity index (χ1n) is 6.10. The number of hydrogen-bond acceptors (Lipinski definition) is 4. The second-order valence-electron chi connectivity index (χ2n) is 4.37. The average molecular weight is 242 g/mol. The predicted octanol–water partition coefficient (Wildman–Crippen LogP) is -0.486. The zero-order chi connectivity index (χ0) is 12.8. The normalized spacial score (nSPS) is 22.9. The van der Waals surface area contributed by atoms with Gasteiger partial charge in [0.2, 0.25) is 5.91 Å². The summed E-state index contributed by atoms with van der Waals surface area (Å²) >= 11 is 0.